The predicted octanol–water partition coefficient (Wildman–Crippen LogP) is 3.23. The van der Waals surface area contributed by atoms with E-state index in [9.17, 15) is 5.11 Å². The van der Waals surface area contributed by atoms with Crippen molar-refractivity contribution in [3.63, 3.8) is 0 Å². The highest BCUT2D eigenvalue weighted by Crippen LogP contribution is 2.29. The second kappa shape index (κ2) is 6.39. The molecule has 4 nitrogen and oxygen atoms in total. The van der Waals surface area contributed by atoms with Crippen molar-refractivity contribution in [3.05, 3.63) is 47.5 Å². The fraction of sp³-hybridized carbons (Fsp3) is 0.529. The van der Waals surface area contributed by atoms with Gasteiger partial charge in [0, 0.05) is 25.0 Å². The maximum atomic E-state index is 10.5. The Morgan fingerprint density at radius 3 is 2.90 bits per heavy atom. The lowest BCUT2D eigenvalue weighted by Gasteiger charge is -2.13. The largest absolute Gasteiger partial charge is 0.388 e. The molecule has 21 heavy (non-hydrogen) atoms. The van der Waals surface area contributed by atoms with Crippen LogP contribution in [0.4, 0.5) is 0 Å². The summed E-state index contributed by atoms with van der Waals surface area (Å²) < 4.78 is 2.09. The van der Waals surface area contributed by atoms with Crippen LogP contribution < -0.4 is 0 Å². The molecule has 0 radical (unpaired) electrons. The molecule has 3 rings (SSSR count). The molecular formula is C17H23N3O. The topological polar surface area (TPSA) is 50.9 Å². The van der Waals surface area contributed by atoms with Gasteiger partial charge in [-0.1, -0.05) is 19.8 Å². The van der Waals surface area contributed by atoms with E-state index in [-0.39, 0.29) is 0 Å². The molecule has 112 valence electrons. The van der Waals surface area contributed by atoms with Crippen LogP contribution in [0.5, 0.6) is 0 Å². The quantitative estimate of drug-likeness (QED) is 0.917. The Balaban J connectivity index is 1.71. The Kier molecular flexibility index (Phi) is 4.34. The summed E-state index contributed by atoms with van der Waals surface area (Å²) in [6.07, 6.45) is 11.7. The molecule has 0 spiro atoms. The normalized spacial score (nSPS) is 17.2. The van der Waals surface area contributed by atoms with Crippen LogP contribution >= 0.6 is 0 Å². The van der Waals surface area contributed by atoms with Gasteiger partial charge in [-0.15, -0.1) is 0 Å². The summed E-state index contributed by atoms with van der Waals surface area (Å²) in [5, 5.41) is 15.1. The van der Waals surface area contributed by atoms with Crippen LogP contribution in [0.3, 0.4) is 0 Å². The molecule has 1 atom stereocenters. The minimum atomic E-state index is -0.505. The number of nitrogens with zero attached hydrogens (tertiary/aromatic N) is 3. The lowest BCUT2D eigenvalue weighted by Crippen LogP contribution is -2.08. The highest BCUT2D eigenvalue weighted by Gasteiger charge is 2.19. The van der Waals surface area contributed by atoms with Crippen molar-refractivity contribution in [2.24, 2.45) is 0 Å². The number of aliphatic hydroxyl groups excluding tert-OH is 1. The molecule has 1 N–H and O–H groups in total. The Hall–Kier alpha value is -1.68. The molecule has 0 amide bonds. The first kappa shape index (κ1) is 14.3. The highest BCUT2D eigenvalue weighted by molar-refractivity contribution is 5.26. The van der Waals surface area contributed by atoms with Crippen LogP contribution in [0.25, 0.3) is 0 Å². The first-order valence-corrected chi connectivity index (χ1v) is 7.92. The standard InChI is InChI=1S/C17H23N3O/c1-2-13-12-18-9-7-16(13)17(21)11-14-8-10-20(19-14)15-5-3-4-6-15/h7-10,12,15,17,21H,2-6,11H2,1H3. The fourth-order valence-electron chi connectivity index (χ4n) is 3.22. The Morgan fingerprint density at radius 1 is 1.33 bits per heavy atom. The number of aliphatic hydroxyl groups is 1. The molecule has 2 aromatic heterocycles. The summed E-state index contributed by atoms with van der Waals surface area (Å²) >= 11 is 0. The van der Waals surface area contributed by atoms with Gasteiger partial charge in [-0.05, 0) is 42.5 Å². The SMILES string of the molecule is CCc1cnccc1C(O)Cc1ccn(C2CCCC2)n1. The number of hydrogen-bond donors (Lipinski definition) is 1. The molecule has 1 unspecified atom stereocenters. The second-order valence-electron chi connectivity index (χ2n) is 5.87. The third kappa shape index (κ3) is 3.16. The highest BCUT2D eigenvalue weighted by atomic mass is 16.3. The molecule has 0 aliphatic heterocycles. The lowest BCUT2D eigenvalue weighted by atomic mass is 10.00. The van der Waals surface area contributed by atoms with E-state index in [0.29, 0.717) is 12.5 Å². The summed E-state index contributed by atoms with van der Waals surface area (Å²) in [5.41, 5.74) is 3.05. The van der Waals surface area contributed by atoms with Crippen molar-refractivity contribution in [1.29, 1.82) is 0 Å². The van der Waals surface area contributed by atoms with E-state index >= 15 is 0 Å². The van der Waals surface area contributed by atoms with Gasteiger partial charge in [0.15, 0.2) is 0 Å². The molecule has 1 saturated carbocycles. The zero-order valence-corrected chi connectivity index (χ0v) is 12.6. The van der Waals surface area contributed by atoms with Crippen LogP contribution in [-0.4, -0.2) is 19.9 Å². The predicted molar refractivity (Wildman–Crippen MR) is 82.0 cm³/mol. The van der Waals surface area contributed by atoms with Gasteiger partial charge in [0.25, 0.3) is 0 Å². The van der Waals surface area contributed by atoms with Crippen molar-refractivity contribution in [2.75, 3.05) is 0 Å². The number of aromatic nitrogens is 3. The van der Waals surface area contributed by atoms with E-state index in [2.05, 4.69) is 27.9 Å². The summed E-state index contributed by atoms with van der Waals surface area (Å²) in [5.74, 6) is 0. The minimum absolute atomic E-state index is 0.505. The molecule has 2 aromatic rings. The number of aryl methyl sites for hydroxylation is 1. The maximum absolute atomic E-state index is 10.5. The van der Waals surface area contributed by atoms with Gasteiger partial charge in [-0.25, -0.2) is 0 Å². The van der Waals surface area contributed by atoms with Gasteiger partial charge in [0.1, 0.15) is 0 Å². The lowest BCUT2D eigenvalue weighted by molar-refractivity contribution is 0.175. The number of rotatable bonds is 5. The van der Waals surface area contributed by atoms with Gasteiger partial charge in [0.05, 0.1) is 17.8 Å². The van der Waals surface area contributed by atoms with Gasteiger partial charge in [0.2, 0.25) is 0 Å². The van der Waals surface area contributed by atoms with E-state index in [1.165, 1.54) is 25.7 Å². The van der Waals surface area contributed by atoms with Crippen LogP contribution in [0.1, 0.15) is 61.6 Å². The zero-order chi connectivity index (χ0) is 14.7. The third-order valence-corrected chi connectivity index (χ3v) is 4.45. The molecular weight excluding hydrogens is 262 g/mol. The summed E-state index contributed by atoms with van der Waals surface area (Å²) in [7, 11) is 0. The Morgan fingerprint density at radius 2 is 2.14 bits per heavy atom. The monoisotopic (exact) mass is 285 g/mol. The van der Waals surface area contributed by atoms with E-state index < -0.39 is 6.10 Å². The summed E-state index contributed by atoms with van der Waals surface area (Å²) in [6.45, 7) is 2.09. The molecule has 1 aliphatic rings. The van der Waals surface area contributed by atoms with Crippen molar-refractivity contribution >= 4 is 0 Å². The van der Waals surface area contributed by atoms with Crippen LogP contribution in [-0.2, 0) is 12.8 Å². The van der Waals surface area contributed by atoms with Crippen LogP contribution in [0.2, 0.25) is 0 Å². The van der Waals surface area contributed by atoms with E-state index in [0.717, 1.165) is 23.2 Å². The average molecular weight is 285 g/mol. The molecule has 1 aliphatic carbocycles. The molecule has 0 saturated heterocycles. The molecule has 0 bridgehead atoms. The first-order valence-electron chi connectivity index (χ1n) is 7.92. The Bertz CT molecular complexity index is 587. The minimum Gasteiger partial charge on any atom is -0.388 e. The maximum Gasteiger partial charge on any atom is 0.0849 e. The average Bonchev–Trinajstić information content (AvgIpc) is 3.17. The number of hydrogen-bond acceptors (Lipinski definition) is 3. The van der Waals surface area contributed by atoms with Gasteiger partial charge < -0.3 is 5.11 Å². The van der Waals surface area contributed by atoms with Gasteiger partial charge in [-0.3, -0.25) is 9.67 Å². The van der Waals surface area contributed by atoms with Gasteiger partial charge >= 0.3 is 0 Å². The first-order chi connectivity index (χ1) is 10.3. The van der Waals surface area contributed by atoms with E-state index in [1.54, 1.807) is 6.20 Å². The molecule has 4 heteroatoms. The van der Waals surface area contributed by atoms with Crippen LogP contribution in [0.15, 0.2) is 30.7 Å². The van der Waals surface area contributed by atoms with Crippen molar-refractivity contribution in [3.8, 4) is 0 Å². The van der Waals surface area contributed by atoms with Crippen molar-refractivity contribution < 1.29 is 5.11 Å². The van der Waals surface area contributed by atoms with Gasteiger partial charge in [-0.2, -0.15) is 5.10 Å². The van der Waals surface area contributed by atoms with Crippen molar-refractivity contribution in [2.45, 2.75) is 57.6 Å². The molecule has 1 fully saturated rings. The summed E-state index contributed by atoms with van der Waals surface area (Å²) in [6, 6.07) is 4.51. The molecule has 2 heterocycles. The summed E-state index contributed by atoms with van der Waals surface area (Å²) in [4.78, 5) is 4.13. The zero-order valence-electron chi connectivity index (χ0n) is 12.6. The Labute approximate surface area is 125 Å². The third-order valence-electron chi connectivity index (χ3n) is 4.45. The van der Waals surface area contributed by atoms with Crippen molar-refractivity contribution in [1.82, 2.24) is 14.8 Å². The fourth-order valence-corrected chi connectivity index (χ4v) is 3.22. The second-order valence-corrected chi connectivity index (χ2v) is 5.87. The molecule has 0 aromatic carbocycles. The van der Waals surface area contributed by atoms with E-state index in [4.69, 9.17) is 0 Å². The smallest absolute Gasteiger partial charge is 0.0849 e. The van der Waals surface area contributed by atoms with E-state index in [1.807, 2.05) is 18.3 Å². The number of pyridine rings is 1. The van der Waals surface area contributed by atoms with Crippen LogP contribution in [0, 0.1) is 0 Å².